The van der Waals surface area contributed by atoms with E-state index in [0.29, 0.717) is 11.3 Å². The molecule has 0 aromatic heterocycles. The third-order valence-corrected chi connectivity index (χ3v) is 4.18. The summed E-state index contributed by atoms with van der Waals surface area (Å²) < 4.78 is 0. The van der Waals surface area contributed by atoms with E-state index >= 15 is 0 Å². The zero-order chi connectivity index (χ0) is 11.5. The first-order valence-electron chi connectivity index (χ1n) is 6.57. The first kappa shape index (κ1) is 13.0. The van der Waals surface area contributed by atoms with Crippen molar-refractivity contribution in [3.63, 3.8) is 0 Å². The van der Waals surface area contributed by atoms with Gasteiger partial charge in [-0.15, -0.1) is 0 Å². The van der Waals surface area contributed by atoms with Crippen LogP contribution in [0.3, 0.4) is 0 Å². The number of hydrogen-bond donors (Lipinski definition) is 1. The molecule has 1 rings (SSSR count). The van der Waals surface area contributed by atoms with Crippen molar-refractivity contribution in [2.24, 2.45) is 17.3 Å². The Morgan fingerprint density at radius 3 is 2.20 bits per heavy atom. The SMILES string of the molecule is CC(CC(O)CC1CCCC1)C(C)(C)C. The van der Waals surface area contributed by atoms with Crippen LogP contribution in [0.4, 0.5) is 0 Å². The van der Waals surface area contributed by atoms with E-state index in [1.165, 1.54) is 25.7 Å². The van der Waals surface area contributed by atoms with Crippen molar-refractivity contribution in [2.75, 3.05) is 0 Å². The van der Waals surface area contributed by atoms with E-state index in [2.05, 4.69) is 27.7 Å². The molecule has 1 aliphatic carbocycles. The highest BCUT2D eigenvalue weighted by Crippen LogP contribution is 2.33. The van der Waals surface area contributed by atoms with Gasteiger partial charge >= 0.3 is 0 Å². The normalized spacial score (nSPS) is 23.0. The summed E-state index contributed by atoms with van der Waals surface area (Å²) in [5, 5.41) is 10.0. The molecule has 2 atom stereocenters. The van der Waals surface area contributed by atoms with E-state index < -0.39 is 0 Å². The predicted molar refractivity (Wildman–Crippen MR) is 65.8 cm³/mol. The number of hydrogen-bond acceptors (Lipinski definition) is 1. The van der Waals surface area contributed by atoms with Crippen LogP contribution in [0.1, 0.15) is 66.2 Å². The second-order valence-electron chi connectivity index (χ2n) is 6.54. The molecule has 0 spiro atoms. The smallest absolute Gasteiger partial charge is 0.0545 e. The summed E-state index contributed by atoms with van der Waals surface area (Å²) in [6, 6.07) is 0. The molecule has 2 unspecified atom stereocenters. The summed E-state index contributed by atoms with van der Waals surface area (Å²) in [7, 11) is 0. The molecule has 0 aromatic carbocycles. The minimum atomic E-state index is -0.0673. The minimum absolute atomic E-state index is 0.0673. The molecule has 1 saturated carbocycles. The molecule has 1 fully saturated rings. The third kappa shape index (κ3) is 4.55. The molecule has 15 heavy (non-hydrogen) atoms. The molecular weight excluding hydrogens is 184 g/mol. The zero-order valence-corrected chi connectivity index (χ0v) is 10.9. The second kappa shape index (κ2) is 5.34. The van der Waals surface area contributed by atoms with Crippen molar-refractivity contribution in [1.29, 1.82) is 0 Å². The third-order valence-electron chi connectivity index (χ3n) is 4.18. The van der Waals surface area contributed by atoms with E-state index in [4.69, 9.17) is 0 Å². The van der Waals surface area contributed by atoms with E-state index in [-0.39, 0.29) is 6.10 Å². The van der Waals surface area contributed by atoms with Crippen molar-refractivity contribution < 1.29 is 5.11 Å². The molecular formula is C14H28O. The summed E-state index contributed by atoms with van der Waals surface area (Å²) in [5.41, 5.74) is 0.330. The Hall–Kier alpha value is -0.0400. The van der Waals surface area contributed by atoms with Crippen molar-refractivity contribution in [3.8, 4) is 0 Å². The van der Waals surface area contributed by atoms with Gasteiger partial charge in [-0.25, -0.2) is 0 Å². The average Bonchev–Trinajstić information content (AvgIpc) is 2.54. The first-order chi connectivity index (χ1) is 6.89. The van der Waals surface area contributed by atoms with Crippen LogP contribution >= 0.6 is 0 Å². The number of aliphatic hydroxyl groups is 1. The Kier molecular flexibility index (Phi) is 4.64. The second-order valence-corrected chi connectivity index (χ2v) is 6.54. The van der Waals surface area contributed by atoms with Crippen LogP contribution in [0, 0.1) is 17.3 Å². The van der Waals surface area contributed by atoms with Crippen molar-refractivity contribution in [1.82, 2.24) is 0 Å². The van der Waals surface area contributed by atoms with Gasteiger partial charge < -0.3 is 5.11 Å². The lowest BCUT2D eigenvalue weighted by atomic mass is 9.78. The molecule has 1 heteroatoms. The minimum Gasteiger partial charge on any atom is -0.393 e. The van der Waals surface area contributed by atoms with Gasteiger partial charge in [0, 0.05) is 0 Å². The van der Waals surface area contributed by atoms with Crippen LogP contribution in [0.5, 0.6) is 0 Å². The summed E-state index contributed by atoms with van der Waals surface area (Å²) in [6.45, 7) is 9.05. The Morgan fingerprint density at radius 2 is 1.73 bits per heavy atom. The van der Waals surface area contributed by atoms with Crippen molar-refractivity contribution in [2.45, 2.75) is 72.3 Å². The van der Waals surface area contributed by atoms with E-state index in [9.17, 15) is 5.11 Å². The lowest BCUT2D eigenvalue weighted by Gasteiger charge is -2.29. The quantitative estimate of drug-likeness (QED) is 0.747. The van der Waals surface area contributed by atoms with Crippen LogP contribution in [-0.4, -0.2) is 11.2 Å². The van der Waals surface area contributed by atoms with Crippen LogP contribution in [0.25, 0.3) is 0 Å². The lowest BCUT2D eigenvalue weighted by Crippen LogP contribution is -2.24. The van der Waals surface area contributed by atoms with Gasteiger partial charge in [0.2, 0.25) is 0 Å². The van der Waals surface area contributed by atoms with Gasteiger partial charge in [0.15, 0.2) is 0 Å². The maximum atomic E-state index is 10.0. The number of aliphatic hydroxyl groups excluding tert-OH is 1. The van der Waals surface area contributed by atoms with Crippen LogP contribution in [-0.2, 0) is 0 Å². The largest absolute Gasteiger partial charge is 0.393 e. The monoisotopic (exact) mass is 212 g/mol. The van der Waals surface area contributed by atoms with E-state index in [1.807, 2.05) is 0 Å². The first-order valence-corrected chi connectivity index (χ1v) is 6.57. The Bertz CT molecular complexity index is 174. The maximum Gasteiger partial charge on any atom is 0.0545 e. The van der Waals surface area contributed by atoms with Crippen molar-refractivity contribution >= 4 is 0 Å². The molecule has 0 saturated heterocycles. The molecule has 1 aliphatic rings. The highest BCUT2D eigenvalue weighted by molar-refractivity contribution is 4.76. The molecule has 1 N–H and O–H groups in total. The fraction of sp³-hybridized carbons (Fsp3) is 1.00. The Labute approximate surface area is 95.3 Å². The van der Waals surface area contributed by atoms with Gasteiger partial charge in [0.1, 0.15) is 0 Å². The van der Waals surface area contributed by atoms with Crippen molar-refractivity contribution in [3.05, 3.63) is 0 Å². The summed E-state index contributed by atoms with van der Waals surface area (Å²) >= 11 is 0. The Balaban J connectivity index is 2.25. The average molecular weight is 212 g/mol. The molecule has 0 bridgehead atoms. The summed E-state index contributed by atoms with van der Waals surface area (Å²) in [5.74, 6) is 1.42. The molecule has 0 amide bonds. The fourth-order valence-electron chi connectivity index (χ4n) is 2.49. The van der Waals surface area contributed by atoms with Gasteiger partial charge in [-0.1, -0.05) is 53.4 Å². The van der Waals surface area contributed by atoms with Crippen LogP contribution < -0.4 is 0 Å². The van der Waals surface area contributed by atoms with E-state index in [0.717, 1.165) is 18.8 Å². The molecule has 0 aromatic rings. The summed E-state index contributed by atoms with van der Waals surface area (Å²) in [6.07, 6.45) is 7.41. The molecule has 0 radical (unpaired) electrons. The predicted octanol–water partition coefficient (Wildman–Crippen LogP) is 4.00. The topological polar surface area (TPSA) is 20.2 Å². The molecule has 90 valence electrons. The zero-order valence-electron chi connectivity index (χ0n) is 10.9. The number of rotatable bonds is 4. The molecule has 0 heterocycles. The highest BCUT2D eigenvalue weighted by Gasteiger charge is 2.25. The van der Waals surface area contributed by atoms with Gasteiger partial charge in [-0.2, -0.15) is 0 Å². The van der Waals surface area contributed by atoms with Gasteiger partial charge in [0.25, 0.3) is 0 Å². The molecule has 1 nitrogen and oxygen atoms in total. The van der Waals surface area contributed by atoms with Crippen LogP contribution in [0.2, 0.25) is 0 Å². The van der Waals surface area contributed by atoms with Gasteiger partial charge in [-0.3, -0.25) is 0 Å². The molecule has 0 aliphatic heterocycles. The maximum absolute atomic E-state index is 10.0. The standard InChI is InChI=1S/C14H28O/c1-11(14(2,3)4)9-13(15)10-12-7-5-6-8-12/h11-13,15H,5-10H2,1-4H3. The van der Waals surface area contributed by atoms with Gasteiger partial charge in [-0.05, 0) is 30.1 Å². The lowest BCUT2D eigenvalue weighted by molar-refractivity contribution is 0.0893. The van der Waals surface area contributed by atoms with Crippen LogP contribution in [0.15, 0.2) is 0 Å². The summed E-state index contributed by atoms with van der Waals surface area (Å²) in [4.78, 5) is 0. The Morgan fingerprint density at radius 1 is 1.20 bits per heavy atom. The van der Waals surface area contributed by atoms with E-state index in [1.54, 1.807) is 0 Å². The highest BCUT2D eigenvalue weighted by atomic mass is 16.3. The fourth-order valence-corrected chi connectivity index (χ4v) is 2.49. The van der Waals surface area contributed by atoms with Gasteiger partial charge in [0.05, 0.1) is 6.10 Å².